The summed E-state index contributed by atoms with van der Waals surface area (Å²) in [5.41, 5.74) is 2.09. The van der Waals surface area contributed by atoms with Crippen LogP contribution < -0.4 is 0 Å². The quantitative estimate of drug-likeness (QED) is 0.460. The Morgan fingerprint density at radius 1 is 1.03 bits per heavy atom. The Kier molecular flexibility index (Phi) is 7.82. The van der Waals surface area contributed by atoms with Crippen LogP contribution in [0.3, 0.4) is 0 Å². The van der Waals surface area contributed by atoms with Gasteiger partial charge in [0.25, 0.3) is 0 Å². The highest BCUT2D eigenvalue weighted by atomic mass is 32.2. The number of benzene rings is 1. The van der Waals surface area contributed by atoms with Crippen LogP contribution in [0.4, 0.5) is 0 Å². The molecule has 0 N–H and O–H groups in total. The number of sulfonamides is 1. The summed E-state index contributed by atoms with van der Waals surface area (Å²) in [6.45, 7) is 16.8. The van der Waals surface area contributed by atoms with Gasteiger partial charge in [-0.15, -0.1) is 0 Å². The second-order valence-corrected chi connectivity index (χ2v) is 12.9. The summed E-state index contributed by atoms with van der Waals surface area (Å²) in [7, 11) is -3.90. The molecule has 1 saturated heterocycles. The van der Waals surface area contributed by atoms with Crippen LogP contribution in [0.25, 0.3) is 0 Å². The normalized spacial score (nSPS) is 27.3. The summed E-state index contributed by atoms with van der Waals surface area (Å²) in [6.07, 6.45) is 2.86. The first kappa shape index (κ1) is 26.4. The zero-order valence-corrected chi connectivity index (χ0v) is 22.6. The number of carbonyl (C=O) groups excluding carboxylic acids is 1. The molecule has 0 amide bonds. The second kappa shape index (κ2) is 9.79. The number of ether oxygens (including phenoxy) is 1. The summed E-state index contributed by atoms with van der Waals surface area (Å²) in [5.74, 6) is 0.542. The number of rotatable bonds is 7. The van der Waals surface area contributed by atoms with Crippen molar-refractivity contribution in [3.63, 3.8) is 0 Å². The monoisotopic (exact) mass is 477 g/mol. The fourth-order valence-corrected chi connectivity index (χ4v) is 7.93. The van der Waals surface area contributed by atoms with E-state index in [9.17, 15) is 13.2 Å². The molecule has 1 aliphatic carbocycles. The molecule has 0 aromatic heterocycles. The number of carbonyl (C=O) groups is 1. The van der Waals surface area contributed by atoms with Crippen molar-refractivity contribution in [2.45, 2.75) is 122 Å². The Balaban J connectivity index is 2.25. The topological polar surface area (TPSA) is 63.7 Å². The molecule has 0 bridgehead atoms. The van der Waals surface area contributed by atoms with Crippen LogP contribution in [-0.4, -0.2) is 37.4 Å². The van der Waals surface area contributed by atoms with Gasteiger partial charge in [0, 0.05) is 6.42 Å². The van der Waals surface area contributed by atoms with Crippen LogP contribution >= 0.6 is 0 Å². The van der Waals surface area contributed by atoms with Crippen molar-refractivity contribution < 1.29 is 17.9 Å². The van der Waals surface area contributed by atoms with Crippen molar-refractivity contribution in [2.75, 3.05) is 6.61 Å². The maximum absolute atomic E-state index is 14.6. The number of nitrogens with zero attached hydrogens (tertiary/aromatic N) is 1. The zero-order chi connectivity index (χ0) is 24.7. The first-order valence-electron chi connectivity index (χ1n) is 12.7. The van der Waals surface area contributed by atoms with Gasteiger partial charge in [0.15, 0.2) is 0 Å². The van der Waals surface area contributed by atoms with Crippen LogP contribution in [-0.2, 0) is 19.6 Å². The van der Waals surface area contributed by atoms with Gasteiger partial charge in [-0.25, -0.2) is 8.42 Å². The molecule has 1 aromatic rings. The Morgan fingerprint density at radius 2 is 1.61 bits per heavy atom. The van der Waals surface area contributed by atoms with E-state index in [0.29, 0.717) is 36.7 Å². The minimum Gasteiger partial charge on any atom is -0.359 e. The molecule has 1 aromatic carbocycles. The SMILES string of the molecule is CC[C@@H]1CO[C@H]([C@]2(C)CCCCC2=O)N1S(=O)(=O)c1c(C(C)C)cc(C(C)C)cc1C(C)C. The summed E-state index contributed by atoms with van der Waals surface area (Å²) in [6, 6.07) is 3.89. The summed E-state index contributed by atoms with van der Waals surface area (Å²) in [4.78, 5) is 13.5. The van der Waals surface area contributed by atoms with Crippen molar-refractivity contribution in [1.82, 2.24) is 4.31 Å². The third kappa shape index (κ3) is 4.68. The van der Waals surface area contributed by atoms with Crippen LogP contribution in [0.15, 0.2) is 17.0 Å². The summed E-state index contributed by atoms with van der Waals surface area (Å²) in [5, 5.41) is 0. The highest BCUT2D eigenvalue weighted by molar-refractivity contribution is 7.89. The Morgan fingerprint density at radius 3 is 2.06 bits per heavy atom. The van der Waals surface area contributed by atoms with Crippen molar-refractivity contribution in [3.8, 4) is 0 Å². The van der Waals surface area contributed by atoms with E-state index in [0.717, 1.165) is 29.5 Å². The lowest BCUT2D eigenvalue weighted by Gasteiger charge is -2.41. The molecule has 0 unspecified atom stereocenters. The summed E-state index contributed by atoms with van der Waals surface area (Å²) >= 11 is 0. The van der Waals surface area contributed by atoms with Gasteiger partial charge in [-0.3, -0.25) is 4.79 Å². The highest BCUT2D eigenvalue weighted by Crippen LogP contribution is 2.46. The molecule has 6 heteroatoms. The third-order valence-electron chi connectivity index (χ3n) is 7.66. The first-order chi connectivity index (χ1) is 15.4. The van der Waals surface area contributed by atoms with Gasteiger partial charge in [-0.05, 0) is 60.6 Å². The molecule has 1 saturated carbocycles. The van der Waals surface area contributed by atoms with Gasteiger partial charge >= 0.3 is 0 Å². The van der Waals surface area contributed by atoms with Crippen LogP contribution in [0.2, 0.25) is 0 Å². The van der Waals surface area contributed by atoms with Gasteiger partial charge in [0.1, 0.15) is 12.0 Å². The smallest absolute Gasteiger partial charge is 0.246 e. The fraction of sp³-hybridized carbons (Fsp3) is 0.741. The third-order valence-corrected chi connectivity index (χ3v) is 9.69. The molecule has 1 heterocycles. The Hall–Kier alpha value is -1.24. The minimum absolute atomic E-state index is 0.0555. The van der Waals surface area contributed by atoms with Crippen molar-refractivity contribution in [1.29, 1.82) is 0 Å². The summed E-state index contributed by atoms with van der Waals surface area (Å²) < 4.78 is 36.9. The molecule has 3 rings (SSSR count). The first-order valence-corrected chi connectivity index (χ1v) is 14.2. The maximum atomic E-state index is 14.6. The van der Waals surface area contributed by atoms with Gasteiger partial charge in [0.05, 0.1) is 23.0 Å². The maximum Gasteiger partial charge on any atom is 0.246 e. The van der Waals surface area contributed by atoms with E-state index in [-0.39, 0.29) is 23.7 Å². The number of hydrogen-bond donors (Lipinski definition) is 0. The van der Waals surface area contributed by atoms with E-state index in [1.54, 1.807) is 4.31 Å². The lowest BCUT2D eigenvalue weighted by atomic mass is 9.73. The molecule has 5 nitrogen and oxygen atoms in total. The average Bonchev–Trinajstić information content (AvgIpc) is 3.20. The van der Waals surface area contributed by atoms with E-state index in [1.807, 2.05) is 13.8 Å². The second-order valence-electron chi connectivity index (χ2n) is 11.1. The van der Waals surface area contributed by atoms with Gasteiger partial charge in [0.2, 0.25) is 10.0 Å². The molecule has 1 aliphatic heterocycles. The van der Waals surface area contributed by atoms with Gasteiger partial charge in [-0.2, -0.15) is 4.31 Å². The number of ketones is 1. The standard InChI is InChI=1S/C27H43NO4S/c1-9-21-16-32-26(27(8)13-11-10-12-24(27)29)28(21)33(30,31)25-22(18(4)5)14-20(17(2)3)15-23(25)19(6)7/h14-15,17-19,21,26H,9-13,16H2,1-8H3/t21-,26-,27-/m1/s1. The van der Waals surface area contributed by atoms with E-state index >= 15 is 0 Å². The number of Topliss-reactive ketones (excluding diaryl/α,β-unsaturated/α-hetero) is 1. The molecule has 3 atom stereocenters. The predicted molar refractivity (Wildman–Crippen MR) is 133 cm³/mol. The van der Waals surface area contributed by atoms with Crippen LogP contribution in [0, 0.1) is 5.41 Å². The van der Waals surface area contributed by atoms with Gasteiger partial charge in [-0.1, -0.05) is 67.0 Å². The van der Waals surface area contributed by atoms with Crippen molar-refractivity contribution in [2.24, 2.45) is 5.41 Å². The van der Waals surface area contributed by atoms with Crippen molar-refractivity contribution >= 4 is 15.8 Å². The zero-order valence-electron chi connectivity index (χ0n) is 21.8. The average molecular weight is 478 g/mol. The van der Waals surface area contributed by atoms with E-state index in [4.69, 9.17) is 4.74 Å². The molecule has 186 valence electrons. The van der Waals surface area contributed by atoms with E-state index < -0.39 is 21.7 Å². The Labute approximate surface area is 201 Å². The lowest BCUT2D eigenvalue weighted by Crippen LogP contribution is -2.53. The molecule has 33 heavy (non-hydrogen) atoms. The molecule has 0 radical (unpaired) electrons. The molecule has 2 fully saturated rings. The Bertz CT molecular complexity index is 953. The van der Waals surface area contributed by atoms with E-state index in [2.05, 4.69) is 53.7 Å². The molecular formula is C27H43NO4S. The minimum atomic E-state index is -3.90. The van der Waals surface area contributed by atoms with Crippen LogP contribution in [0.1, 0.15) is 122 Å². The number of hydrogen-bond acceptors (Lipinski definition) is 4. The van der Waals surface area contributed by atoms with Crippen LogP contribution in [0.5, 0.6) is 0 Å². The van der Waals surface area contributed by atoms with E-state index in [1.165, 1.54) is 0 Å². The fourth-order valence-electron chi connectivity index (χ4n) is 5.38. The molecule has 0 spiro atoms. The predicted octanol–water partition coefficient (Wildman–Crippen LogP) is 6.33. The molecule has 2 aliphatic rings. The van der Waals surface area contributed by atoms with Gasteiger partial charge < -0.3 is 4.74 Å². The highest BCUT2D eigenvalue weighted by Gasteiger charge is 2.55. The van der Waals surface area contributed by atoms with Crippen molar-refractivity contribution in [3.05, 3.63) is 28.8 Å². The molecular weight excluding hydrogens is 434 g/mol. The lowest BCUT2D eigenvalue weighted by molar-refractivity contribution is -0.143. The largest absolute Gasteiger partial charge is 0.359 e.